The number of carbonyl (C=O) groups is 1. The van der Waals surface area contributed by atoms with Crippen LogP contribution in [0.1, 0.15) is 31.0 Å². The average Bonchev–Trinajstić information content (AvgIpc) is 2.37. The van der Waals surface area contributed by atoms with Crippen LogP contribution in [0.25, 0.3) is 0 Å². The maximum atomic E-state index is 11.7. The van der Waals surface area contributed by atoms with Crippen LogP contribution in [-0.2, 0) is 4.79 Å². The largest absolute Gasteiger partial charge is 0.481 e. The summed E-state index contributed by atoms with van der Waals surface area (Å²) in [6.45, 7) is 9.58. The Kier molecular flexibility index (Phi) is 5.57. The minimum absolute atomic E-state index is 0.0129. The van der Waals surface area contributed by atoms with Gasteiger partial charge in [-0.15, -0.1) is 6.58 Å². The molecule has 2 unspecified atom stereocenters. The Bertz CT molecular complexity index is 455. The van der Waals surface area contributed by atoms with Crippen molar-refractivity contribution in [3.63, 3.8) is 0 Å². The molecule has 0 aliphatic carbocycles. The van der Waals surface area contributed by atoms with E-state index in [9.17, 15) is 4.79 Å². The van der Waals surface area contributed by atoms with E-state index in [2.05, 4.69) is 11.9 Å². The molecule has 0 fully saturated rings. The molecule has 0 saturated carbocycles. The molecule has 104 valence electrons. The van der Waals surface area contributed by atoms with E-state index in [-0.39, 0.29) is 11.9 Å². The highest BCUT2D eigenvalue weighted by Crippen LogP contribution is 2.22. The second kappa shape index (κ2) is 6.95. The number of aryl methyl sites for hydroxylation is 1. The van der Waals surface area contributed by atoms with Gasteiger partial charge >= 0.3 is 0 Å². The minimum atomic E-state index is -0.542. The number of benzene rings is 1. The zero-order valence-corrected chi connectivity index (χ0v) is 11.8. The third-order valence-corrected chi connectivity index (χ3v) is 2.82. The number of ether oxygens (including phenoxy) is 1. The fourth-order valence-corrected chi connectivity index (χ4v) is 1.65. The van der Waals surface area contributed by atoms with E-state index in [4.69, 9.17) is 10.5 Å². The second-order valence-electron chi connectivity index (χ2n) is 4.61. The summed E-state index contributed by atoms with van der Waals surface area (Å²) in [5.74, 6) is 0.543. The van der Waals surface area contributed by atoms with Crippen LogP contribution in [0.4, 0.5) is 0 Å². The molecule has 1 amide bonds. The van der Waals surface area contributed by atoms with Crippen LogP contribution in [0.3, 0.4) is 0 Å². The number of hydrogen-bond acceptors (Lipinski definition) is 3. The van der Waals surface area contributed by atoms with E-state index < -0.39 is 6.10 Å². The summed E-state index contributed by atoms with van der Waals surface area (Å²) >= 11 is 0. The third-order valence-electron chi connectivity index (χ3n) is 2.82. The Labute approximate surface area is 114 Å². The SMILES string of the molecule is C=CCNC(=O)C(C)Oc1ccc(C(C)N)cc1C. The monoisotopic (exact) mass is 262 g/mol. The number of amides is 1. The molecule has 0 bridgehead atoms. The molecule has 4 heteroatoms. The van der Waals surface area contributed by atoms with E-state index in [0.29, 0.717) is 12.3 Å². The van der Waals surface area contributed by atoms with Gasteiger partial charge in [0.15, 0.2) is 6.10 Å². The Morgan fingerprint density at radius 1 is 1.53 bits per heavy atom. The molecular weight excluding hydrogens is 240 g/mol. The highest BCUT2D eigenvalue weighted by Gasteiger charge is 2.15. The van der Waals surface area contributed by atoms with Crippen molar-refractivity contribution in [3.05, 3.63) is 42.0 Å². The fraction of sp³-hybridized carbons (Fsp3) is 0.400. The van der Waals surface area contributed by atoms with Crippen molar-refractivity contribution in [1.82, 2.24) is 5.32 Å². The van der Waals surface area contributed by atoms with Gasteiger partial charge in [0.2, 0.25) is 0 Å². The zero-order chi connectivity index (χ0) is 14.4. The van der Waals surface area contributed by atoms with E-state index in [1.807, 2.05) is 32.0 Å². The summed E-state index contributed by atoms with van der Waals surface area (Å²) in [7, 11) is 0. The Morgan fingerprint density at radius 3 is 2.74 bits per heavy atom. The molecule has 0 saturated heterocycles. The molecule has 0 aliphatic rings. The molecule has 0 aliphatic heterocycles. The summed E-state index contributed by atoms with van der Waals surface area (Å²) in [5, 5.41) is 2.70. The maximum Gasteiger partial charge on any atom is 0.261 e. The van der Waals surface area contributed by atoms with Crippen LogP contribution in [0, 0.1) is 6.92 Å². The van der Waals surface area contributed by atoms with Gasteiger partial charge in [-0.2, -0.15) is 0 Å². The average molecular weight is 262 g/mol. The van der Waals surface area contributed by atoms with Crippen LogP contribution in [0.2, 0.25) is 0 Å². The van der Waals surface area contributed by atoms with Gasteiger partial charge in [0, 0.05) is 12.6 Å². The van der Waals surface area contributed by atoms with Crippen LogP contribution >= 0.6 is 0 Å². The van der Waals surface area contributed by atoms with Crippen molar-refractivity contribution in [1.29, 1.82) is 0 Å². The molecule has 2 atom stereocenters. The van der Waals surface area contributed by atoms with Crippen LogP contribution in [-0.4, -0.2) is 18.6 Å². The second-order valence-corrected chi connectivity index (χ2v) is 4.61. The van der Waals surface area contributed by atoms with Crippen molar-refractivity contribution in [2.75, 3.05) is 6.54 Å². The first kappa shape index (κ1) is 15.2. The number of carbonyl (C=O) groups excluding carboxylic acids is 1. The molecule has 0 radical (unpaired) electrons. The first-order valence-electron chi connectivity index (χ1n) is 6.37. The molecular formula is C15H22N2O2. The molecule has 3 N–H and O–H groups in total. The quantitative estimate of drug-likeness (QED) is 0.771. The van der Waals surface area contributed by atoms with Gasteiger partial charge in [0.25, 0.3) is 5.91 Å². The fourth-order valence-electron chi connectivity index (χ4n) is 1.65. The van der Waals surface area contributed by atoms with Crippen molar-refractivity contribution in [2.24, 2.45) is 5.73 Å². The predicted octanol–water partition coefficient (Wildman–Crippen LogP) is 2.08. The lowest BCUT2D eigenvalue weighted by Gasteiger charge is -2.17. The van der Waals surface area contributed by atoms with Gasteiger partial charge < -0.3 is 15.8 Å². The number of rotatable bonds is 6. The summed E-state index contributed by atoms with van der Waals surface area (Å²) < 4.78 is 5.65. The van der Waals surface area contributed by atoms with Crippen LogP contribution in [0.5, 0.6) is 5.75 Å². The molecule has 0 heterocycles. The summed E-state index contributed by atoms with van der Waals surface area (Å²) in [4.78, 5) is 11.7. The van der Waals surface area contributed by atoms with Crippen molar-refractivity contribution >= 4 is 5.91 Å². The van der Waals surface area contributed by atoms with E-state index in [1.165, 1.54) is 0 Å². The highest BCUT2D eigenvalue weighted by atomic mass is 16.5. The molecule has 0 spiro atoms. The molecule has 19 heavy (non-hydrogen) atoms. The molecule has 1 aromatic carbocycles. The molecule has 1 rings (SSSR count). The lowest BCUT2D eigenvalue weighted by atomic mass is 10.1. The molecule has 1 aromatic rings. The number of nitrogens with one attached hydrogen (secondary N) is 1. The molecule has 0 aromatic heterocycles. The first-order valence-corrected chi connectivity index (χ1v) is 6.37. The normalized spacial score (nSPS) is 13.5. The van der Waals surface area contributed by atoms with Gasteiger partial charge in [0.05, 0.1) is 0 Å². The standard InChI is InChI=1S/C15H22N2O2/c1-5-8-17-15(18)12(4)19-14-7-6-13(11(3)16)9-10(14)2/h5-7,9,11-12H,1,8,16H2,2-4H3,(H,17,18). The van der Waals surface area contributed by atoms with E-state index in [1.54, 1.807) is 13.0 Å². The van der Waals surface area contributed by atoms with Gasteiger partial charge in [0.1, 0.15) is 5.75 Å². The van der Waals surface area contributed by atoms with Gasteiger partial charge in [-0.1, -0.05) is 18.2 Å². The number of hydrogen-bond donors (Lipinski definition) is 2. The van der Waals surface area contributed by atoms with Gasteiger partial charge in [-0.05, 0) is 38.0 Å². The lowest BCUT2D eigenvalue weighted by Crippen LogP contribution is -2.36. The third kappa shape index (κ3) is 4.41. The van der Waals surface area contributed by atoms with Crippen molar-refractivity contribution in [3.8, 4) is 5.75 Å². The highest BCUT2D eigenvalue weighted by molar-refractivity contribution is 5.80. The van der Waals surface area contributed by atoms with E-state index in [0.717, 1.165) is 11.1 Å². The summed E-state index contributed by atoms with van der Waals surface area (Å²) in [6.07, 6.45) is 1.09. The topological polar surface area (TPSA) is 64.3 Å². The van der Waals surface area contributed by atoms with E-state index >= 15 is 0 Å². The summed E-state index contributed by atoms with van der Waals surface area (Å²) in [5.41, 5.74) is 7.84. The Balaban J connectivity index is 2.71. The van der Waals surface area contributed by atoms with Gasteiger partial charge in [-0.25, -0.2) is 0 Å². The Hall–Kier alpha value is -1.81. The predicted molar refractivity (Wildman–Crippen MR) is 77.1 cm³/mol. The van der Waals surface area contributed by atoms with Gasteiger partial charge in [-0.3, -0.25) is 4.79 Å². The Morgan fingerprint density at radius 2 is 2.21 bits per heavy atom. The van der Waals surface area contributed by atoms with Crippen molar-refractivity contribution < 1.29 is 9.53 Å². The summed E-state index contributed by atoms with van der Waals surface area (Å²) in [6, 6.07) is 5.74. The zero-order valence-electron chi connectivity index (χ0n) is 11.8. The smallest absolute Gasteiger partial charge is 0.261 e. The van der Waals surface area contributed by atoms with Crippen molar-refractivity contribution in [2.45, 2.75) is 32.9 Å². The van der Waals surface area contributed by atoms with Crippen LogP contribution < -0.4 is 15.8 Å². The lowest BCUT2D eigenvalue weighted by molar-refractivity contribution is -0.127. The number of nitrogens with two attached hydrogens (primary N) is 1. The first-order chi connectivity index (χ1) is 8.95. The minimum Gasteiger partial charge on any atom is -0.481 e. The van der Waals surface area contributed by atoms with Crippen LogP contribution in [0.15, 0.2) is 30.9 Å². The maximum absolute atomic E-state index is 11.7. The molecule has 4 nitrogen and oxygen atoms in total.